The lowest BCUT2D eigenvalue weighted by Crippen LogP contribution is -2.24. The van der Waals surface area contributed by atoms with Crippen LogP contribution >= 0.6 is 27.5 Å². The predicted molar refractivity (Wildman–Crippen MR) is 82.7 cm³/mol. The van der Waals surface area contributed by atoms with Gasteiger partial charge in [-0.15, -0.1) is 0 Å². The van der Waals surface area contributed by atoms with Gasteiger partial charge in [0, 0.05) is 0 Å². The number of H-pyrrole nitrogens is 1. The average molecular weight is 368 g/mol. The Balaban J connectivity index is 2.09. The monoisotopic (exact) mass is 366 g/mol. The highest BCUT2D eigenvalue weighted by Crippen LogP contribution is 2.14. The zero-order chi connectivity index (χ0) is 15.0. The minimum atomic E-state index is -0.342. The number of halogens is 2. The van der Waals surface area contributed by atoms with Gasteiger partial charge in [-0.2, -0.15) is 0 Å². The number of benzene rings is 1. The van der Waals surface area contributed by atoms with Crippen molar-refractivity contribution >= 4 is 38.4 Å². The van der Waals surface area contributed by atoms with Gasteiger partial charge in [-0.05, 0) is 28.1 Å². The molecular formula is C13H8BrClN4O2. The first-order valence-electron chi connectivity index (χ1n) is 5.94. The highest BCUT2D eigenvalue weighted by Gasteiger charge is 2.09. The van der Waals surface area contributed by atoms with E-state index < -0.39 is 0 Å². The summed E-state index contributed by atoms with van der Waals surface area (Å²) in [6, 6.07) is 7.00. The molecule has 0 fully saturated rings. The van der Waals surface area contributed by atoms with Crippen molar-refractivity contribution in [1.82, 2.24) is 19.5 Å². The van der Waals surface area contributed by atoms with Gasteiger partial charge >= 0.3 is 0 Å². The first-order chi connectivity index (χ1) is 10.1. The zero-order valence-electron chi connectivity index (χ0n) is 10.5. The molecule has 0 aliphatic rings. The number of fused-ring (bicyclic) bond motifs is 1. The molecule has 6 nitrogen and oxygen atoms in total. The van der Waals surface area contributed by atoms with E-state index in [0.717, 1.165) is 0 Å². The molecule has 21 heavy (non-hydrogen) atoms. The number of aromatic amines is 1. The molecule has 1 aromatic carbocycles. The van der Waals surface area contributed by atoms with Crippen molar-refractivity contribution in [2.24, 2.45) is 0 Å². The third kappa shape index (κ3) is 2.62. The molecule has 0 radical (unpaired) electrons. The van der Waals surface area contributed by atoms with Crippen LogP contribution in [0.5, 0.6) is 0 Å². The van der Waals surface area contributed by atoms with E-state index in [0.29, 0.717) is 16.7 Å². The summed E-state index contributed by atoms with van der Waals surface area (Å²) in [4.78, 5) is 34.9. The summed E-state index contributed by atoms with van der Waals surface area (Å²) in [5.41, 5.74) is -0.0132. The van der Waals surface area contributed by atoms with E-state index in [1.165, 1.54) is 10.9 Å². The van der Waals surface area contributed by atoms with Crippen LogP contribution in [0.4, 0.5) is 0 Å². The van der Waals surface area contributed by atoms with Crippen LogP contribution in [0.2, 0.25) is 5.15 Å². The molecule has 0 atom stereocenters. The number of nitrogens with zero attached hydrogens (tertiary/aromatic N) is 3. The molecule has 0 amide bonds. The van der Waals surface area contributed by atoms with Gasteiger partial charge < -0.3 is 4.98 Å². The average Bonchev–Trinajstić information content (AvgIpc) is 2.48. The molecule has 106 valence electrons. The third-order valence-electron chi connectivity index (χ3n) is 2.92. The van der Waals surface area contributed by atoms with Crippen LogP contribution in [0, 0.1) is 0 Å². The summed E-state index contributed by atoms with van der Waals surface area (Å²) >= 11 is 8.82. The molecule has 1 N–H and O–H groups in total. The summed E-state index contributed by atoms with van der Waals surface area (Å²) in [5.74, 6) is 0.372. The quantitative estimate of drug-likeness (QED) is 0.702. The third-order valence-corrected chi connectivity index (χ3v) is 4.15. The number of hydrogen-bond donors (Lipinski definition) is 1. The van der Waals surface area contributed by atoms with Gasteiger partial charge in [0.15, 0.2) is 5.15 Å². The lowest BCUT2D eigenvalue weighted by Gasteiger charge is -2.06. The second-order valence-electron chi connectivity index (χ2n) is 4.31. The highest BCUT2D eigenvalue weighted by atomic mass is 79.9. The van der Waals surface area contributed by atoms with E-state index in [-0.39, 0.29) is 27.3 Å². The molecule has 2 aromatic heterocycles. The summed E-state index contributed by atoms with van der Waals surface area (Å²) in [6.07, 6.45) is 1.31. The largest absolute Gasteiger partial charge is 0.308 e. The highest BCUT2D eigenvalue weighted by molar-refractivity contribution is 9.10. The van der Waals surface area contributed by atoms with Crippen molar-refractivity contribution in [3.63, 3.8) is 0 Å². The predicted octanol–water partition coefficient (Wildman–Crippen LogP) is 1.94. The van der Waals surface area contributed by atoms with Crippen LogP contribution < -0.4 is 11.1 Å². The number of hydrogen-bond acceptors (Lipinski definition) is 4. The molecule has 0 saturated heterocycles. The van der Waals surface area contributed by atoms with Crippen molar-refractivity contribution in [3.8, 4) is 0 Å². The Labute approximate surface area is 131 Å². The van der Waals surface area contributed by atoms with Gasteiger partial charge in [-0.25, -0.2) is 9.97 Å². The van der Waals surface area contributed by atoms with E-state index >= 15 is 0 Å². The van der Waals surface area contributed by atoms with Crippen LogP contribution in [0.3, 0.4) is 0 Å². The van der Waals surface area contributed by atoms with Gasteiger partial charge in [0.25, 0.3) is 11.1 Å². The van der Waals surface area contributed by atoms with Crippen LogP contribution in [0.25, 0.3) is 10.9 Å². The van der Waals surface area contributed by atoms with Gasteiger partial charge in [-0.3, -0.25) is 14.2 Å². The molecule has 0 aliphatic carbocycles. The normalized spacial score (nSPS) is 11.0. The fourth-order valence-corrected chi connectivity index (χ4v) is 2.38. The number of nitrogens with one attached hydrogen (secondary N) is 1. The molecule has 0 spiro atoms. The summed E-state index contributed by atoms with van der Waals surface area (Å²) in [6.45, 7) is 0.0989. The first kappa shape index (κ1) is 14.0. The maximum Gasteiger partial charge on any atom is 0.269 e. The number of aromatic nitrogens is 4. The van der Waals surface area contributed by atoms with Crippen molar-refractivity contribution in [2.75, 3.05) is 0 Å². The topological polar surface area (TPSA) is 80.6 Å². The first-order valence-corrected chi connectivity index (χ1v) is 7.12. The van der Waals surface area contributed by atoms with Gasteiger partial charge in [-0.1, -0.05) is 23.7 Å². The van der Waals surface area contributed by atoms with Gasteiger partial charge in [0.1, 0.15) is 10.3 Å². The van der Waals surface area contributed by atoms with Crippen molar-refractivity contribution in [1.29, 1.82) is 0 Å². The second-order valence-corrected chi connectivity index (χ2v) is 5.46. The van der Waals surface area contributed by atoms with Crippen molar-refractivity contribution < 1.29 is 0 Å². The fraction of sp³-hybridized carbons (Fsp3) is 0.0769. The molecule has 3 rings (SSSR count). The smallest absolute Gasteiger partial charge is 0.269 e. The molecule has 0 bridgehead atoms. The minimum Gasteiger partial charge on any atom is -0.308 e. The SMILES string of the molecule is O=c1[nH]c(Cn2cnc(Cl)c(Br)c2=O)nc2ccccc12. The summed E-state index contributed by atoms with van der Waals surface area (Å²) in [7, 11) is 0. The van der Waals surface area contributed by atoms with Crippen LogP contribution in [0.15, 0.2) is 44.7 Å². The standard InChI is InChI=1S/C13H8BrClN4O2/c14-10-11(15)16-6-19(13(10)21)5-9-17-8-4-2-1-3-7(8)12(20)18-9/h1-4,6H,5H2,(H,17,18,20). The van der Waals surface area contributed by atoms with Crippen LogP contribution in [-0.2, 0) is 6.54 Å². The number of rotatable bonds is 2. The Hall–Kier alpha value is -1.99. The van der Waals surface area contributed by atoms with E-state index in [1.807, 2.05) is 0 Å². The van der Waals surface area contributed by atoms with Crippen molar-refractivity contribution in [2.45, 2.75) is 6.54 Å². The molecule has 0 saturated carbocycles. The Morgan fingerprint density at radius 2 is 2.05 bits per heavy atom. The van der Waals surface area contributed by atoms with Crippen molar-refractivity contribution in [3.05, 3.63) is 66.8 Å². The fourth-order valence-electron chi connectivity index (χ4n) is 1.93. The molecular weight excluding hydrogens is 360 g/mol. The minimum absolute atomic E-state index is 0.0937. The summed E-state index contributed by atoms with van der Waals surface area (Å²) < 4.78 is 1.48. The van der Waals surface area contributed by atoms with E-state index in [4.69, 9.17) is 11.6 Å². The van der Waals surface area contributed by atoms with E-state index in [1.54, 1.807) is 24.3 Å². The maximum atomic E-state index is 12.0. The Morgan fingerprint density at radius 1 is 1.29 bits per heavy atom. The van der Waals surface area contributed by atoms with E-state index in [9.17, 15) is 9.59 Å². The maximum absolute atomic E-state index is 12.0. The zero-order valence-corrected chi connectivity index (χ0v) is 12.8. The summed E-state index contributed by atoms with van der Waals surface area (Å²) in [5, 5.41) is 0.597. The van der Waals surface area contributed by atoms with Crippen LogP contribution in [0.1, 0.15) is 5.82 Å². The second kappa shape index (κ2) is 5.42. The van der Waals surface area contributed by atoms with Crippen LogP contribution in [-0.4, -0.2) is 19.5 Å². The molecule has 0 aliphatic heterocycles. The number of para-hydroxylation sites is 1. The van der Waals surface area contributed by atoms with Gasteiger partial charge in [0.2, 0.25) is 0 Å². The van der Waals surface area contributed by atoms with Gasteiger partial charge in [0.05, 0.1) is 23.8 Å². The molecule has 0 unspecified atom stereocenters. The molecule has 2 heterocycles. The Kier molecular flexibility index (Phi) is 3.60. The molecule has 8 heteroatoms. The Bertz CT molecular complexity index is 951. The van der Waals surface area contributed by atoms with E-state index in [2.05, 4.69) is 30.9 Å². The Morgan fingerprint density at radius 3 is 2.86 bits per heavy atom. The lowest BCUT2D eigenvalue weighted by atomic mass is 10.2. The lowest BCUT2D eigenvalue weighted by molar-refractivity contribution is 0.694. The molecule has 3 aromatic rings.